The third-order valence-electron chi connectivity index (χ3n) is 1.68. The first-order valence-electron chi connectivity index (χ1n) is 3.50. The van der Waals surface area contributed by atoms with Gasteiger partial charge in [0.1, 0.15) is 6.26 Å². The first-order valence-corrected chi connectivity index (χ1v) is 5.93. The lowest BCUT2D eigenvalue weighted by Gasteiger charge is -2.02. The van der Waals surface area contributed by atoms with Gasteiger partial charge >= 0.3 is 0 Å². The number of hydrogen-bond donors (Lipinski definition) is 0. The van der Waals surface area contributed by atoms with Crippen LogP contribution in [-0.4, -0.2) is 10.8 Å². The molecular formula is C9H7OS2. The minimum absolute atomic E-state index is 0.872. The molecule has 0 bridgehead atoms. The van der Waals surface area contributed by atoms with Crippen LogP contribution in [0.15, 0.2) is 28.5 Å². The fourth-order valence-electron chi connectivity index (χ4n) is 1.06. The van der Waals surface area contributed by atoms with Crippen LogP contribution in [0.2, 0.25) is 0 Å². The molecule has 0 spiro atoms. The Morgan fingerprint density at radius 2 is 2.33 bits per heavy atom. The van der Waals surface area contributed by atoms with Gasteiger partial charge in [-0.3, -0.25) is 0 Å². The van der Waals surface area contributed by atoms with Crippen molar-refractivity contribution in [2.75, 3.05) is 6.26 Å². The summed E-state index contributed by atoms with van der Waals surface area (Å²) < 4.78 is 12.3. The molecule has 2 aromatic rings. The third kappa shape index (κ3) is 1.35. The van der Waals surface area contributed by atoms with Crippen molar-refractivity contribution in [3.05, 3.63) is 29.6 Å². The van der Waals surface area contributed by atoms with Crippen LogP contribution in [-0.2, 0) is 11.2 Å². The topological polar surface area (TPSA) is 23.1 Å². The smallest absolute Gasteiger partial charge is 0.153 e. The molecule has 3 heteroatoms. The fraction of sp³-hybridized carbons (Fsp3) is 0.111. The van der Waals surface area contributed by atoms with Crippen LogP contribution in [0.4, 0.5) is 0 Å². The van der Waals surface area contributed by atoms with E-state index in [2.05, 4.69) is 6.07 Å². The second-order valence-corrected chi connectivity index (χ2v) is 4.78. The maximum atomic E-state index is 11.1. The Kier molecular flexibility index (Phi) is 2.09. The maximum Gasteiger partial charge on any atom is 0.153 e. The highest BCUT2D eigenvalue weighted by Gasteiger charge is 2.04. The van der Waals surface area contributed by atoms with E-state index in [0.29, 0.717) is 0 Å². The summed E-state index contributed by atoms with van der Waals surface area (Å²) in [6.45, 7) is 0. The van der Waals surface area contributed by atoms with Crippen LogP contribution >= 0.6 is 11.3 Å². The molecule has 0 fully saturated rings. The van der Waals surface area contributed by atoms with Crippen molar-refractivity contribution in [3.63, 3.8) is 0 Å². The van der Waals surface area contributed by atoms with Gasteiger partial charge in [0, 0.05) is 22.2 Å². The monoisotopic (exact) mass is 195 g/mol. The average Bonchev–Trinajstić information content (AvgIpc) is 2.49. The van der Waals surface area contributed by atoms with Crippen molar-refractivity contribution in [2.45, 2.75) is 4.90 Å². The van der Waals surface area contributed by atoms with Crippen LogP contribution in [0.5, 0.6) is 0 Å². The van der Waals surface area contributed by atoms with Crippen molar-refractivity contribution < 1.29 is 4.55 Å². The number of rotatable bonds is 1. The van der Waals surface area contributed by atoms with Gasteiger partial charge < -0.3 is 4.55 Å². The predicted molar refractivity (Wildman–Crippen MR) is 53.0 cm³/mol. The second kappa shape index (κ2) is 3.09. The molecule has 1 heterocycles. The highest BCUT2D eigenvalue weighted by molar-refractivity contribution is 7.90. The largest absolute Gasteiger partial charge is 0.612 e. The lowest BCUT2D eigenvalue weighted by molar-refractivity contribution is 0.601. The summed E-state index contributed by atoms with van der Waals surface area (Å²) in [4.78, 5) is 0.872. The van der Waals surface area contributed by atoms with Crippen molar-refractivity contribution in [2.24, 2.45) is 0 Å². The van der Waals surface area contributed by atoms with Gasteiger partial charge in [0.15, 0.2) is 4.90 Å². The summed E-state index contributed by atoms with van der Waals surface area (Å²) in [6, 6.07) is 8.93. The maximum absolute atomic E-state index is 11.1. The van der Waals surface area contributed by atoms with E-state index in [1.165, 1.54) is 4.70 Å². The molecule has 1 aromatic carbocycles. The van der Waals surface area contributed by atoms with Gasteiger partial charge in [-0.1, -0.05) is 0 Å². The molecule has 0 aliphatic carbocycles. The molecule has 0 aliphatic heterocycles. The van der Waals surface area contributed by atoms with Crippen LogP contribution in [0.1, 0.15) is 0 Å². The Bertz CT molecular complexity index is 392. The van der Waals surface area contributed by atoms with Gasteiger partial charge in [-0.05, 0) is 28.7 Å². The Morgan fingerprint density at radius 3 is 3.08 bits per heavy atom. The summed E-state index contributed by atoms with van der Waals surface area (Å²) in [7, 11) is 0. The SMILES string of the molecule is C[S+]([O-])c1ccc2sc[c]c2c1. The number of thiophene rings is 1. The van der Waals surface area contributed by atoms with E-state index < -0.39 is 11.2 Å². The lowest BCUT2D eigenvalue weighted by atomic mass is 10.3. The highest BCUT2D eigenvalue weighted by Crippen LogP contribution is 2.22. The first-order chi connectivity index (χ1) is 5.77. The van der Waals surface area contributed by atoms with Gasteiger partial charge in [-0.25, -0.2) is 0 Å². The van der Waals surface area contributed by atoms with Crippen LogP contribution in [0, 0.1) is 6.07 Å². The highest BCUT2D eigenvalue weighted by atomic mass is 32.2. The molecule has 0 aliphatic rings. The molecule has 0 amide bonds. The Balaban J connectivity index is 2.60. The van der Waals surface area contributed by atoms with Crippen molar-refractivity contribution >= 4 is 32.6 Å². The molecule has 1 unspecified atom stereocenters. The number of benzene rings is 1. The minimum atomic E-state index is -0.884. The van der Waals surface area contributed by atoms with E-state index in [9.17, 15) is 4.55 Å². The van der Waals surface area contributed by atoms with Crippen molar-refractivity contribution in [1.29, 1.82) is 0 Å². The standard InChI is InChI=1S/C9H7OS2/c1-12(10)8-2-3-9-7(6-8)4-5-11-9/h2-3,5-6H,1H3. The second-order valence-electron chi connectivity index (χ2n) is 2.49. The first kappa shape index (κ1) is 8.10. The van der Waals surface area contributed by atoms with Crippen LogP contribution in [0.3, 0.4) is 0 Å². The van der Waals surface area contributed by atoms with Gasteiger partial charge in [0.25, 0.3) is 0 Å². The Hall–Kier alpha value is -0.510. The molecule has 0 saturated carbocycles. The Labute approximate surface area is 78.2 Å². The van der Waals surface area contributed by atoms with E-state index in [1.807, 2.05) is 23.6 Å². The average molecular weight is 195 g/mol. The summed E-state index contributed by atoms with van der Waals surface area (Å²) in [5, 5.41) is 2.99. The molecule has 12 heavy (non-hydrogen) atoms. The molecule has 61 valence electrons. The number of hydrogen-bond acceptors (Lipinski definition) is 2. The Morgan fingerprint density at radius 1 is 1.50 bits per heavy atom. The predicted octanol–water partition coefficient (Wildman–Crippen LogP) is 2.44. The molecular weight excluding hydrogens is 188 g/mol. The third-order valence-corrected chi connectivity index (χ3v) is 3.45. The molecule has 1 aromatic heterocycles. The quantitative estimate of drug-likeness (QED) is 0.641. The summed E-state index contributed by atoms with van der Waals surface area (Å²) in [5.74, 6) is 0. The van der Waals surface area contributed by atoms with Gasteiger partial charge in [-0.15, -0.1) is 11.3 Å². The van der Waals surface area contributed by atoms with Gasteiger partial charge in [0.05, 0.1) is 0 Å². The zero-order chi connectivity index (χ0) is 8.55. The van der Waals surface area contributed by atoms with E-state index >= 15 is 0 Å². The molecule has 1 radical (unpaired) electrons. The van der Waals surface area contributed by atoms with Crippen LogP contribution in [0.25, 0.3) is 10.1 Å². The normalized spacial score (nSPS) is 13.5. The fourth-order valence-corrected chi connectivity index (χ4v) is 2.31. The van der Waals surface area contributed by atoms with Gasteiger partial charge in [-0.2, -0.15) is 0 Å². The van der Waals surface area contributed by atoms with E-state index in [0.717, 1.165) is 10.3 Å². The molecule has 1 nitrogen and oxygen atoms in total. The van der Waals surface area contributed by atoms with E-state index in [-0.39, 0.29) is 0 Å². The zero-order valence-corrected chi connectivity index (χ0v) is 8.17. The van der Waals surface area contributed by atoms with Crippen LogP contribution < -0.4 is 0 Å². The zero-order valence-electron chi connectivity index (χ0n) is 6.53. The summed E-state index contributed by atoms with van der Waals surface area (Å²) >= 11 is 0.769. The minimum Gasteiger partial charge on any atom is -0.612 e. The van der Waals surface area contributed by atoms with E-state index in [4.69, 9.17) is 0 Å². The molecule has 0 saturated heterocycles. The summed E-state index contributed by atoms with van der Waals surface area (Å²) in [5.41, 5.74) is 0. The number of fused-ring (bicyclic) bond motifs is 1. The summed E-state index contributed by atoms with van der Waals surface area (Å²) in [6.07, 6.45) is 1.69. The van der Waals surface area contributed by atoms with Crippen molar-refractivity contribution in [1.82, 2.24) is 0 Å². The molecule has 0 N–H and O–H groups in total. The van der Waals surface area contributed by atoms with Gasteiger partial charge in [0.2, 0.25) is 0 Å². The lowest BCUT2D eigenvalue weighted by Crippen LogP contribution is -1.95. The molecule has 1 atom stereocenters. The molecule has 2 rings (SSSR count). The van der Waals surface area contributed by atoms with Crippen molar-refractivity contribution in [3.8, 4) is 0 Å². The van der Waals surface area contributed by atoms with E-state index in [1.54, 1.807) is 17.6 Å².